The number of benzene rings is 2. The highest BCUT2D eigenvalue weighted by molar-refractivity contribution is 6.08. The number of nitrogens with zero attached hydrogens (tertiary/aromatic N) is 1. The van der Waals surface area contributed by atoms with Gasteiger partial charge in [-0.05, 0) is 25.5 Å². The van der Waals surface area contributed by atoms with Crippen LogP contribution in [0, 0.1) is 0 Å². The minimum absolute atomic E-state index is 0. The van der Waals surface area contributed by atoms with Gasteiger partial charge in [0.2, 0.25) is 0 Å². The van der Waals surface area contributed by atoms with Gasteiger partial charge in [0.25, 0.3) is 0 Å². The van der Waals surface area contributed by atoms with E-state index in [2.05, 4.69) is 66.9 Å². The molecule has 0 spiro atoms. The number of rotatable bonds is 2. The normalized spacial score (nSPS) is 11.9. The Morgan fingerprint density at radius 3 is 1.68 bits per heavy atom. The minimum atomic E-state index is 0. The molecule has 2 aromatic carbocycles. The number of para-hydroxylation sites is 2. The van der Waals surface area contributed by atoms with E-state index in [1.165, 1.54) is 21.8 Å². The molecule has 0 saturated heterocycles. The second-order valence-corrected chi connectivity index (χ2v) is 4.66. The van der Waals surface area contributed by atoms with Gasteiger partial charge in [-0.1, -0.05) is 58.2 Å². The van der Waals surface area contributed by atoms with Gasteiger partial charge in [0.05, 0.1) is 0 Å². The van der Waals surface area contributed by atoms with E-state index in [9.17, 15) is 0 Å². The van der Waals surface area contributed by atoms with Crippen LogP contribution in [-0.4, -0.2) is 4.57 Å². The molecule has 0 bridgehead atoms. The number of fused-ring (bicyclic) bond motifs is 3. The summed E-state index contributed by atoms with van der Waals surface area (Å²) in [7, 11) is 0. The second-order valence-electron chi connectivity index (χ2n) is 4.66. The SMILES string of the molecule is C.C.CCC(C)n1c2ccccc2c2ccccc21. The topological polar surface area (TPSA) is 4.93 Å². The van der Waals surface area contributed by atoms with Crippen LogP contribution in [0.25, 0.3) is 21.8 Å². The van der Waals surface area contributed by atoms with Gasteiger partial charge >= 0.3 is 0 Å². The van der Waals surface area contributed by atoms with Crippen molar-refractivity contribution in [1.82, 2.24) is 4.57 Å². The van der Waals surface area contributed by atoms with Crippen molar-refractivity contribution < 1.29 is 0 Å². The van der Waals surface area contributed by atoms with E-state index in [1.807, 2.05) is 0 Å². The summed E-state index contributed by atoms with van der Waals surface area (Å²) in [5, 5.41) is 2.73. The molecule has 0 aliphatic heterocycles. The summed E-state index contributed by atoms with van der Waals surface area (Å²) in [5.41, 5.74) is 2.70. The van der Waals surface area contributed by atoms with Gasteiger partial charge in [-0.25, -0.2) is 0 Å². The van der Waals surface area contributed by atoms with Crippen LogP contribution in [0.1, 0.15) is 41.2 Å². The molecule has 0 N–H and O–H groups in total. The van der Waals surface area contributed by atoms with Gasteiger partial charge in [0, 0.05) is 27.8 Å². The van der Waals surface area contributed by atoms with Crippen LogP contribution >= 0.6 is 0 Å². The predicted octanol–water partition coefficient (Wildman–Crippen LogP) is 6.04. The molecule has 0 aliphatic carbocycles. The third-order valence-electron chi connectivity index (χ3n) is 3.65. The average molecular weight is 255 g/mol. The molecule has 1 aromatic heterocycles. The number of aromatic nitrogens is 1. The number of hydrogen-bond acceptors (Lipinski definition) is 0. The zero-order chi connectivity index (χ0) is 11.8. The van der Waals surface area contributed by atoms with Gasteiger partial charge in [0.1, 0.15) is 0 Å². The van der Waals surface area contributed by atoms with E-state index in [0.29, 0.717) is 6.04 Å². The Morgan fingerprint density at radius 1 is 0.842 bits per heavy atom. The van der Waals surface area contributed by atoms with Crippen LogP contribution in [0.2, 0.25) is 0 Å². The molecular weight excluding hydrogens is 230 g/mol. The Labute approximate surface area is 116 Å². The van der Waals surface area contributed by atoms with Crippen molar-refractivity contribution >= 4 is 21.8 Å². The van der Waals surface area contributed by atoms with Gasteiger partial charge in [0.15, 0.2) is 0 Å². The molecule has 0 radical (unpaired) electrons. The highest BCUT2D eigenvalue weighted by Crippen LogP contribution is 2.32. The lowest BCUT2D eigenvalue weighted by atomic mass is 10.2. The van der Waals surface area contributed by atoms with Crippen LogP contribution in [0.5, 0.6) is 0 Å². The molecule has 0 saturated carbocycles. The Bertz CT molecular complexity index is 610. The van der Waals surface area contributed by atoms with Crippen molar-refractivity contribution in [2.75, 3.05) is 0 Å². The molecule has 1 unspecified atom stereocenters. The smallest absolute Gasteiger partial charge is 0.0493 e. The first-order valence-corrected chi connectivity index (χ1v) is 6.30. The standard InChI is InChI=1S/C16H17N.2CH4/c1-3-12(2)17-15-10-6-4-8-13(15)14-9-5-7-11-16(14)17;;/h4-12H,3H2,1-2H3;2*1H4. The van der Waals surface area contributed by atoms with Crippen molar-refractivity contribution in [3.05, 3.63) is 48.5 Å². The average Bonchev–Trinajstić information content (AvgIpc) is 2.72. The fourth-order valence-corrected chi connectivity index (χ4v) is 2.61. The van der Waals surface area contributed by atoms with Gasteiger partial charge in [-0.15, -0.1) is 0 Å². The Balaban J connectivity index is 0.000000902. The van der Waals surface area contributed by atoms with Gasteiger partial charge < -0.3 is 4.57 Å². The fourth-order valence-electron chi connectivity index (χ4n) is 2.61. The van der Waals surface area contributed by atoms with Crippen LogP contribution in [0.15, 0.2) is 48.5 Å². The Morgan fingerprint density at radius 2 is 1.26 bits per heavy atom. The molecule has 1 heteroatoms. The van der Waals surface area contributed by atoms with Crippen LogP contribution < -0.4 is 0 Å². The van der Waals surface area contributed by atoms with Gasteiger partial charge in [-0.2, -0.15) is 0 Å². The van der Waals surface area contributed by atoms with E-state index in [0.717, 1.165) is 6.42 Å². The largest absolute Gasteiger partial charge is 0.338 e. The van der Waals surface area contributed by atoms with Gasteiger partial charge in [-0.3, -0.25) is 0 Å². The molecule has 0 fully saturated rings. The highest BCUT2D eigenvalue weighted by Gasteiger charge is 2.12. The maximum atomic E-state index is 2.46. The van der Waals surface area contributed by atoms with E-state index >= 15 is 0 Å². The summed E-state index contributed by atoms with van der Waals surface area (Å²) in [5.74, 6) is 0. The molecular formula is C18H25N. The van der Waals surface area contributed by atoms with E-state index in [4.69, 9.17) is 0 Å². The van der Waals surface area contributed by atoms with Crippen molar-refractivity contribution in [1.29, 1.82) is 0 Å². The summed E-state index contributed by atoms with van der Waals surface area (Å²) in [6.07, 6.45) is 1.16. The molecule has 0 aliphatic rings. The third kappa shape index (κ3) is 2.25. The first kappa shape index (κ1) is 15.3. The van der Waals surface area contributed by atoms with E-state index in [1.54, 1.807) is 0 Å². The zero-order valence-corrected chi connectivity index (χ0v) is 10.4. The number of hydrogen-bond donors (Lipinski definition) is 0. The quantitative estimate of drug-likeness (QED) is 0.526. The fraction of sp³-hybridized carbons (Fsp3) is 0.333. The van der Waals surface area contributed by atoms with Crippen molar-refractivity contribution in [2.24, 2.45) is 0 Å². The summed E-state index contributed by atoms with van der Waals surface area (Å²) in [6.45, 7) is 4.53. The lowest BCUT2D eigenvalue weighted by Gasteiger charge is -2.14. The summed E-state index contributed by atoms with van der Waals surface area (Å²) in [4.78, 5) is 0. The predicted molar refractivity (Wildman–Crippen MR) is 87.9 cm³/mol. The molecule has 0 amide bonds. The molecule has 1 heterocycles. The Hall–Kier alpha value is -1.76. The van der Waals surface area contributed by atoms with Crippen LogP contribution in [0.4, 0.5) is 0 Å². The first-order chi connectivity index (χ1) is 8.33. The molecule has 3 rings (SSSR count). The summed E-state index contributed by atoms with van der Waals surface area (Å²) in [6, 6.07) is 17.9. The third-order valence-corrected chi connectivity index (χ3v) is 3.65. The lowest BCUT2D eigenvalue weighted by molar-refractivity contribution is 0.563. The molecule has 3 aromatic rings. The molecule has 102 valence electrons. The first-order valence-electron chi connectivity index (χ1n) is 6.30. The van der Waals surface area contributed by atoms with Crippen LogP contribution in [-0.2, 0) is 0 Å². The summed E-state index contributed by atoms with van der Waals surface area (Å²) >= 11 is 0. The monoisotopic (exact) mass is 255 g/mol. The molecule has 1 atom stereocenters. The van der Waals surface area contributed by atoms with E-state index < -0.39 is 0 Å². The van der Waals surface area contributed by atoms with Crippen molar-refractivity contribution in [2.45, 2.75) is 41.2 Å². The highest BCUT2D eigenvalue weighted by atomic mass is 15.0. The van der Waals surface area contributed by atoms with Crippen molar-refractivity contribution in [3.63, 3.8) is 0 Å². The maximum absolute atomic E-state index is 2.46. The minimum Gasteiger partial charge on any atom is -0.338 e. The van der Waals surface area contributed by atoms with Crippen LogP contribution in [0.3, 0.4) is 0 Å². The van der Waals surface area contributed by atoms with Crippen molar-refractivity contribution in [3.8, 4) is 0 Å². The Kier molecular flexibility index (Phi) is 4.77. The van der Waals surface area contributed by atoms with E-state index in [-0.39, 0.29) is 14.9 Å². The zero-order valence-electron chi connectivity index (χ0n) is 10.4. The molecule has 1 nitrogen and oxygen atoms in total. The maximum Gasteiger partial charge on any atom is 0.0493 e. The second kappa shape index (κ2) is 5.92. The molecule has 19 heavy (non-hydrogen) atoms. The lowest BCUT2D eigenvalue weighted by Crippen LogP contribution is -2.02. The summed E-state index contributed by atoms with van der Waals surface area (Å²) < 4.78 is 2.46.